The molecule has 0 aliphatic rings. The summed E-state index contributed by atoms with van der Waals surface area (Å²) < 4.78 is 17.9. The fourth-order valence-corrected chi connectivity index (χ4v) is 0. The van der Waals surface area contributed by atoms with Crippen LogP contribution in [0.5, 0.6) is 0 Å². The lowest BCUT2D eigenvalue weighted by molar-refractivity contribution is 0.528. The third kappa shape index (κ3) is 31.4. The van der Waals surface area contributed by atoms with Gasteiger partial charge in [0.1, 0.15) is 0 Å². The van der Waals surface area contributed by atoms with Gasteiger partial charge in [0.15, 0.2) is 0 Å². The van der Waals surface area contributed by atoms with Gasteiger partial charge in [0.2, 0.25) is 0 Å². The molecule has 0 amide bonds. The zero-order chi connectivity index (χ0) is 3.58. The molecule has 0 heterocycles. The quantitative estimate of drug-likeness (QED) is 0.481. The molecule has 0 unspecified atom stereocenters. The molecule has 0 aliphatic carbocycles. The van der Waals surface area contributed by atoms with Crippen LogP contribution in [0.3, 0.4) is 0 Å². The summed E-state index contributed by atoms with van der Waals surface area (Å²) in [5, 5.41) is 0. The van der Waals surface area contributed by atoms with Crippen molar-refractivity contribution in [2.75, 3.05) is 0 Å². The molecule has 0 spiro atoms. The first-order valence-corrected chi connectivity index (χ1v) is 3.73. The van der Waals surface area contributed by atoms with Gasteiger partial charge in [-0.1, -0.05) is 0 Å². The lowest BCUT2D eigenvalue weighted by Gasteiger charge is -1.29. The summed E-state index contributed by atoms with van der Waals surface area (Å²) >= 11 is 2.22. The van der Waals surface area contributed by atoms with Gasteiger partial charge < -0.3 is 0 Å². The summed E-state index contributed by atoms with van der Waals surface area (Å²) in [6.07, 6.45) is -2.31. The van der Waals surface area contributed by atoms with Crippen molar-refractivity contribution in [2.24, 2.45) is 0 Å². The van der Waals surface area contributed by atoms with Gasteiger partial charge in [-0.05, 0) is 0 Å². The fourth-order valence-electron chi connectivity index (χ4n) is 0. The molecule has 24 valence electrons. The molecule has 0 aliphatic heterocycles. The van der Waals surface area contributed by atoms with Crippen LogP contribution in [0.15, 0.2) is 0 Å². The Morgan fingerprint density at radius 1 is 1.50 bits per heavy atom. The minimum absolute atomic E-state index is 2.22. The van der Waals surface area contributed by atoms with E-state index in [1.165, 1.54) is 0 Å². The van der Waals surface area contributed by atoms with Crippen LogP contribution in [0.2, 0.25) is 0 Å². The van der Waals surface area contributed by atoms with E-state index in [4.69, 9.17) is 9.13 Å². The van der Waals surface area contributed by atoms with E-state index >= 15 is 0 Å². The molecule has 0 N–H and O–H groups in total. The normalized spacial score (nSPS) is 6.25. The zero-order valence-electron chi connectivity index (χ0n) is 1.64. The van der Waals surface area contributed by atoms with E-state index in [9.17, 15) is 0 Å². The van der Waals surface area contributed by atoms with Crippen molar-refractivity contribution < 1.29 is 9.13 Å². The van der Waals surface area contributed by atoms with Crippen molar-refractivity contribution in [3.63, 3.8) is 0 Å². The molecule has 0 saturated heterocycles. The van der Waals surface area contributed by atoms with Gasteiger partial charge in [0, 0.05) is 0 Å². The Balaban J connectivity index is 3.51. The molecule has 0 aromatic rings. The molecule has 0 aromatic heterocycles. The van der Waals surface area contributed by atoms with E-state index in [1.54, 1.807) is 0 Å². The summed E-state index contributed by atoms with van der Waals surface area (Å²) in [5.41, 5.74) is 0. The van der Waals surface area contributed by atoms with Crippen LogP contribution in [0.1, 0.15) is 0 Å². The smallest absolute Gasteiger partial charge is 0.225 e. The monoisotopic (exact) mass is 142 g/mol. The molecule has 4 heavy (non-hydrogen) atoms. The molecular formula is BrO2P. The molecular weight excluding hydrogens is 143 g/mol. The second-order valence-electron chi connectivity index (χ2n) is 0.213. The third-order valence-corrected chi connectivity index (χ3v) is 0. The van der Waals surface area contributed by atoms with Crippen LogP contribution in [0, 0.1) is 0 Å². The maximum absolute atomic E-state index is 8.95. The van der Waals surface area contributed by atoms with Crippen LogP contribution < -0.4 is 0 Å². The van der Waals surface area contributed by atoms with E-state index < -0.39 is 6.38 Å². The maximum Gasteiger partial charge on any atom is 0.385 e. The van der Waals surface area contributed by atoms with Gasteiger partial charge in [-0.3, -0.25) is 0 Å². The van der Waals surface area contributed by atoms with Crippen molar-refractivity contribution >= 4 is 21.9 Å². The molecule has 0 saturated carbocycles. The Morgan fingerprint density at radius 3 is 1.50 bits per heavy atom. The van der Waals surface area contributed by atoms with Gasteiger partial charge in [0.25, 0.3) is 0 Å². The van der Waals surface area contributed by atoms with Gasteiger partial charge in [-0.25, -0.2) is 9.13 Å². The summed E-state index contributed by atoms with van der Waals surface area (Å²) in [6, 6.07) is 0. The SMILES string of the molecule is O=P(=O)Br. The van der Waals surface area contributed by atoms with Crippen LogP contribution in [-0.2, 0) is 9.13 Å². The Hall–Kier alpha value is 0.380. The van der Waals surface area contributed by atoms with Crippen molar-refractivity contribution in [3.05, 3.63) is 0 Å². The van der Waals surface area contributed by atoms with E-state index in [0.29, 0.717) is 0 Å². The average Bonchev–Trinajstić information content (AvgIpc) is 0.811. The Kier molecular flexibility index (Phi) is 1.84. The summed E-state index contributed by atoms with van der Waals surface area (Å²) in [5.74, 6) is 0. The first-order valence-electron chi connectivity index (χ1n) is 0.534. The minimum atomic E-state index is -2.31. The molecule has 0 atom stereocenters. The van der Waals surface area contributed by atoms with Crippen LogP contribution in [0.4, 0.5) is 0 Å². The summed E-state index contributed by atoms with van der Waals surface area (Å²) in [7, 11) is 0. The van der Waals surface area contributed by atoms with Crippen molar-refractivity contribution in [1.82, 2.24) is 0 Å². The van der Waals surface area contributed by atoms with Crippen molar-refractivity contribution in [1.29, 1.82) is 0 Å². The van der Waals surface area contributed by atoms with Gasteiger partial charge >= 0.3 is 6.38 Å². The summed E-state index contributed by atoms with van der Waals surface area (Å²) in [6.45, 7) is 0. The van der Waals surface area contributed by atoms with E-state index in [0.717, 1.165) is 0 Å². The molecule has 2 nitrogen and oxygen atoms in total. The molecule has 0 rings (SSSR count). The lowest BCUT2D eigenvalue weighted by Crippen LogP contribution is -0.930. The third-order valence-electron chi connectivity index (χ3n) is 0. The minimum Gasteiger partial charge on any atom is -0.225 e. The average molecular weight is 143 g/mol. The highest BCUT2D eigenvalue weighted by molar-refractivity contribution is 9.36. The largest absolute Gasteiger partial charge is 0.385 e. The fraction of sp³-hybridized carbons (Fsp3) is 0. The first kappa shape index (κ1) is 4.38. The summed E-state index contributed by atoms with van der Waals surface area (Å²) in [4.78, 5) is 0. The number of rotatable bonds is 0. The van der Waals surface area contributed by atoms with E-state index in [2.05, 4.69) is 15.5 Å². The van der Waals surface area contributed by atoms with Crippen molar-refractivity contribution in [2.45, 2.75) is 0 Å². The second kappa shape index (κ2) is 1.68. The van der Waals surface area contributed by atoms with E-state index in [1.807, 2.05) is 0 Å². The Morgan fingerprint density at radius 2 is 1.50 bits per heavy atom. The molecule has 0 radical (unpaired) electrons. The molecule has 4 heteroatoms. The standard InChI is InChI=1S/BrO2P/c1-4(2)3. The molecule has 0 aromatic carbocycles. The first-order chi connectivity index (χ1) is 1.73. The molecule has 0 bridgehead atoms. The topological polar surface area (TPSA) is 34.1 Å². The number of halogens is 1. The van der Waals surface area contributed by atoms with E-state index in [-0.39, 0.29) is 0 Å². The second-order valence-corrected chi connectivity index (χ2v) is 2.38. The highest BCUT2D eigenvalue weighted by atomic mass is 79.9. The van der Waals surface area contributed by atoms with Crippen LogP contribution >= 0.6 is 21.9 Å². The van der Waals surface area contributed by atoms with Gasteiger partial charge in [0.05, 0.1) is 15.5 Å². The van der Waals surface area contributed by atoms with Gasteiger partial charge in [-0.15, -0.1) is 0 Å². The van der Waals surface area contributed by atoms with Gasteiger partial charge in [-0.2, -0.15) is 0 Å². The van der Waals surface area contributed by atoms with Crippen LogP contribution in [-0.4, -0.2) is 0 Å². The van der Waals surface area contributed by atoms with Crippen molar-refractivity contribution in [3.8, 4) is 0 Å². The Bertz CT molecular complexity index is 54.4. The highest BCUT2D eigenvalue weighted by Crippen LogP contribution is 2.11. The number of hydrogen-bond acceptors (Lipinski definition) is 2. The lowest BCUT2D eigenvalue weighted by atomic mass is 15.9. The maximum atomic E-state index is 8.95. The van der Waals surface area contributed by atoms with Crippen LogP contribution in [0.25, 0.3) is 0 Å². The zero-order valence-corrected chi connectivity index (χ0v) is 4.12. The molecule has 0 fully saturated rings. The highest BCUT2D eigenvalue weighted by Gasteiger charge is 1.59. The Labute approximate surface area is 31.8 Å². The number of hydrogen-bond donors (Lipinski definition) is 0. The predicted octanol–water partition coefficient (Wildman–Crippen LogP) is 1.47. The predicted molar refractivity (Wildman–Crippen MR) is 17.2 cm³/mol.